The van der Waals surface area contributed by atoms with Crippen molar-refractivity contribution < 1.29 is 33.6 Å². The number of carbonyl (C=O) groups is 2. The SMILES string of the molecule is COc1ccc(C2/C(=C(\O)c3ccc(OC)c(C(C)C)c3)C(=O)C(=O)N2Cc2ccc3c(c2)OCO3)cc1. The van der Waals surface area contributed by atoms with Gasteiger partial charge in [0.1, 0.15) is 17.3 Å². The van der Waals surface area contributed by atoms with E-state index in [-0.39, 0.29) is 30.6 Å². The fourth-order valence-electron chi connectivity index (χ4n) is 4.90. The van der Waals surface area contributed by atoms with Crippen LogP contribution >= 0.6 is 0 Å². The number of nitrogens with zero attached hydrogens (tertiary/aromatic N) is 1. The fourth-order valence-corrected chi connectivity index (χ4v) is 4.90. The molecule has 1 N–H and O–H groups in total. The Balaban J connectivity index is 1.62. The van der Waals surface area contributed by atoms with Crippen LogP contribution in [0, 0.1) is 0 Å². The Morgan fingerprint density at radius 3 is 2.39 bits per heavy atom. The van der Waals surface area contributed by atoms with Gasteiger partial charge in [-0.05, 0) is 65.1 Å². The molecule has 0 spiro atoms. The van der Waals surface area contributed by atoms with Crippen LogP contribution in [0.15, 0.2) is 66.2 Å². The number of ether oxygens (including phenoxy) is 4. The van der Waals surface area contributed by atoms with E-state index in [1.807, 2.05) is 19.9 Å². The van der Waals surface area contributed by atoms with Gasteiger partial charge in [-0.25, -0.2) is 0 Å². The quantitative estimate of drug-likeness (QED) is 0.263. The summed E-state index contributed by atoms with van der Waals surface area (Å²) in [5.41, 5.74) is 2.79. The standard InChI is InChI=1S/C30H29NO7/c1-17(2)22-14-20(8-12-23(22)36-4)28(32)26-27(19-6-9-21(35-3)10-7-19)31(30(34)29(26)33)15-18-5-11-24-25(13-18)38-16-37-24/h5-14,17,27,32H,15-16H2,1-4H3/b28-26+. The predicted octanol–water partition coefficient (Wildman–Crippen LogP) is 5.18. The van der Waals surface area contributed by atoms with Crippen LogP contribution in [0.4, 0.5) is 0 Å². The monoisotopic (exact) mass is 515 g/mol. The number of Topliss-reactive ketones (excluding diaryl/α,β-unsaturated/α-hetero) is 1. The second-order valence-electron chi connectivity index (χ2n) is 9.50. The van der Waals surface area contributed by atoms with E-state index in [0.717, 1.165) is 11.1 Å². The Morgan fingerprint density at radius 1 is 0.974 bits per heavy atom. The van der Waals surface area contributed by atoms with Crippen molar-refractivity contribution in [3.05, 3.63) is 88.5 Å². The summed E-state index contributed by atoms with van der Waals surface area (Å²) in [6.07, 6.45) is 0. The van der Waals surface area contributed by atoms with Crippen LogP contribution in [0.25, 0.3) is 5.76 Å². The minimum atomic E-state index is -0.809. The van der Waals surface area contributed by atoms with Crippen LogP contribution in [0.5, 0.6) is 23.0 Å². The average Bonchev–Trinajstić information content (AvgIpc) is 3.50. The van der Waals surface area contributed by atoms with Crippen LogP contribution in [0.1, 0.15) is 48.1 Å². The molecule has 1 saturated heterocycles. The summed E-state index contributed by atoms with van der Waals surface area (Å²) in [5.74, 6) is 0.978. The van der Waals surface area contributed by atoms with Gasteiger partial charge in [-0.3, -0.25) is 9.59 Å². The lowest BCUT2D eigenvalue weighted by Crippen LogP contribution is -2.29. The third-order valence-electron chi connectivity index (χ3n) is 6.89. The van der Waals surface area contributed by atoms with Crippen LogP contribution in [0.2, 0.25) is 0 Å². The summed E-state index contributed by atoms with van der Waals surface area (Å²) in [7, 11) is 3.16. The van der Waals surface area contributed by atoms with Gasteiger partial charge >= 0.3 is 0 Å². The molecule has 0 radical (unpaired) electrons. The molecule has 1 unspecified atom stereocenters. The zero-order valence-electron chi connectivity index (χ0n) is 21.7. The van der Waals surface area contributed by atoms with Crippen LogP contribution < -0.4 is 18.9 Å². The molecule has 2 aliphatic heterocycles. The molecular formula is C30H29NO7. The van der Waals surface area contributed by atoms with E-state index in [1.165, 1.54) is 4.90 Å². The highest BCUT2D eigenvalue weighted by Crippen LogP contribution is 2.42. The number of amides is 1. The van der Waals surface area contributed by atoms with Crippen molar-refractivity contribution in [2.45, 2.75) is 32.4 Å². The van der Waals surface area contributed by atoms with Gasteiger partial charge < -0.3 is 29.0 Å². The number of carbonyl (C=O) groups excluding carboxylic acids is 2. The number of aliphatic hydroxyl groups is 1. The molecule has 8 nitrogen and oxygen atoms in total. The molecule has 0 aliphatic carbocycles. The second kappa shape index (κ2) is 10.1. The maximum atomic E-state index is 13.5. The maximum Gasteiger partial charge on any atom is 0.295 e. The fraction of sp³-hybridized carbons (Fsp3) is 0.267. The predicted molar refractivity (Wildman–Crippen MR) is 140 cm³/mol. The number of benzene rings is 3. The van der Waals surface area contributed by atoms with Crippen molar-refractivity contribution >= 4 is 17.4 Å². The molecular weight excluding hydrogens is 486 g/mol. The molecule has 2 heterocycles. The first-order valence-electron chi connectivity index (χ1n) is 12.3. The number of likely N-dealkylation sites (tertiary alicyclic amines) is 1. The lowest BCUT2D eigenvalue weighted by Gasteiger charge is -2.26. The highest BCUT2D eigenvalue weighted by Gasteiger charge is 2.46. The molecule has 5 rings (SSSR count). The van der Waals surface area contributed by atoms with Crippen LogP contribution in [-0.4, -0.2) is 42.7 Å². The van der Waals surface area contributed by atoms with Crippen molar-refractivity contribution in [2.24, 2.45) is 0 Å². The Morgan fingerprint density at radius 2 is 1.71 bits per heavy atom. The van der Waals surface area contributed by atoms with Crippen molar-refractivity contribution in [1.82, 2.24) is 4.90 Å². The molecule has 0 aromatic heterocycles. The number of fused-ring (bicyclic) bond motifs is 1. The molecule has 1 atom stereocenters. The van der Waals surface area contributed by atoms with Crippen LogP contribution in [0.3, 0.4) is 0 Å². The molecule has 3 aromatic rings. The highest BCUT2D eigenvalue weighted by atomic mass is 16.7. The van der Waals surface area contributed by atoms with Gasteiger partial charge in [-0.1, -0.05) is 32.0 Å². The van der Waals surface area contributed by atoms with E-state index >= 15 is 0 Å². The molecule has 38 heavy (non-hydrogen) atoms. The molecule has 0 saturated carbocycles. The molecule has 1 fully saturated rings. The Hall–Kier alpha value is -4.46. The van der Waals surface area contributed by atoms with Crippen molar-refractivity contribution in [3.8, 4) is 23.0 Å². The summed E-state index contributed by atoms with van der Waals surface area (Å²) in [6, 6.07) is 17.0. The smallest absolute Gasteiger partial charge is 0.295 e. The van der Waals surface area contributed by atoms with Gasteiger partial charge in [0.05, 0.1) is 25.8 Å². The molecule has 0 bridgehead atoms. The van der Waals surface area contributed by atoms with Gasteiger partial charge in [0, 0.05) is 12.1 Å². The first kappa shape index (κ1) is 25.2. The van der Waals surface area contributed by atoms with Crippen molar-refractivity contribution in [3.63, 3.8) is 0 Å². The number of aliphatic hydroxyl groups excluding tert-OH is 1. The van der Waals surface area contributed by atoms with Gasteiger partial charge in [0.2, 0.25) is 6.79 Å². The minimum absolute atomic E-state index is 0.0285. The molecule has 8 heteroatoms. The molecule has 196 valence electrons. The topological polar surface area (TPSA) is 94.5 Å². The van der Waals surface area contributed by atoms with Crippen molar-refractivity contribution in [1.29, 1.82) is 0 Å². The van der Waals surface area contributed by atoms with Gasteiger partial charge in [-0.2, -0.15) is 0 Å². The summed E-state index contributed by atoms with van der Waals surface area (Å²) in [6.45, 7) is 4.30. The van der Waals surface area contributed by atoms with E-state index < -0.39 is 17.7 Å². The van der Waals surface area contributed by atoms with E-state index in [2.05, 4.69) is 0 Å². The number of ketones is 1. The number of hydrogen-bond acceptors (Lipinski definition) is 7. The maximum absolute atomic E-state index is 13.5. The van der Waals surface area contributed by atoms with Gasteiger partial charge in [0.25, 0.3) is 11.7 Å². The summed E-state index contributed by atoms with van der Waals surface area (Å²) < 4.78 is 21.7. The Kier molecular flexibility index (Phi) is 6.72. The summed E-state index contributed by atoms with van der Waals surface area (Å²) >= 11 is 0. The Labute approximate surface area is 221 Å². The van der Waals surface area contributed by atoms with Gasteiger partial charge in [-0.15, -0.1) is 0 Å². The largest absolute Gasteiger partial charge is 0.507 e. The van der Waals surface area contributed by atoms with E-state index in [1.54, 1.807) is 68.8 Å². The zero-order chi connectivity index (χ0) is 27.0. The highest BCUT2D eigenvalue weighted by molar-refractivity contribution is 6.46. The lowest BCUT2D eigenvalue weighted by atomic mass is 9.93. The van der Waals surface area contributed by atoms with Crippen molar-refractivity contribution in [2.75, 3.05) is 21.0 Å². The molecule has 3 aromatic carbocycles. The van der Waals surface area contributed by atoms with Crippen LogP contribution in [-0.2, 0) is 16.1 Å². The Bertz CT molecular complexity index is 1430. The van der Waals surface area contributed by atoms with E-state index in [9.17, 15) is 14.7 Å². The zero-order valence-corrected chi connectivity index (χ0v) is 21.7. The minimum Gasteiger partial charge on any atom is -0.507 e. The first-order valence-corrected chi connectivity index (χ1v) is 12.3. The third kappa shape index (κ3) is 4.42. The first-order chi connectivity index (χ1) is 18.3. The summed E-state index contributed by atoms with van der Waals surface area (Å²) in [5, 5.41) is 11.5. The third-order valence-corrected chi connectivity index (χ3v) is 6.89. The number of hydrogen-bond donors (Lipinski definition) is 1. The van der Waals surface area contributed by atoms with E-state index in [4.69, 9.17) is 18.9 Å². The average molecular weight is 516 g/mol. The number of methoxy groups -OCH3 is 2. The molecule has 1 amide bonds. The summed E-state index contributed by atoms with van der Waals surface area (Å²) in [4.78, 5) is 28.3. The normalized spacial score (nSPS) is 17.8. The second-order valence-corrected chi connectivity index (χ2v) is 9.50. The van der Waals surface area contributed by atoms with Gasteiger partial charge in [0.15, 0.2) is 11.5 Å². The molecule has 2 aliphatic rings. The lowest BCUT2D eigenvalue weighted by molar-refractivity contribution is -0.140. The van der Waals surface area contributed by atoms with E-state index in [0.29, 0.717) is 34.1 Å². The number of rotatable bonds is 7.